The van der Waals surface area contributed by atoms with Crippen molar-refractivity contribution in [3.8, 4) is 0 Å². The zero-order valence-corrected chi connectivity index (χ0v) is 34.1. The van der Waals surface area contributed by atoms with Crippen molar-refractivity contribution in [1.82, 2.24) is 24.2 Å². The molecule has 320 valence electrons. The van der Waals surface area contributed by atoms with Crippen LogP contribution in [0.2, 0.25) is 0 Å². The second-order valence-electron chi connectivity index (χ2n) is 13.9. The largest absolute Gasteiger partial charge is 0.463 e. The van der Waals surface area contributed by atoms with Gasteiger partial charge in [0.05, 0.1) is 39.1 Å². The van der Waals surface area contributed by atoms with Gasteiger partial charge in [0.2, 0.25) is 5.47 Å². The molecule has 9 atom stereocenters. The Labute approximate surface area is 329 Å². The van der Waals surface area contributed by atoms with Crippen molar-refractivity contribution < 1.29 is 76.4 Å². The summed E-state index contributed by atoms with van der Waals surface area (Å²) in [5.74, 6) is -2.95. The van der Waals surface area contributed by atoms with Gasteiger partial charge in [0, 0.05) is 46.2 Å². The van der Waals surface area contributed by atoms with Crippen LogP contribution in [0, 0.1) is 0 Å². The van der Waals surface area contributed by atoms with E-state index in [-0.39, 0.29) is 61.9 Å². The topological polar surface area (TPSA) is 282 Å². The summed E-state index contributed by atoms with van der Waals surface area (Å²) in [5, 5.41) is 21.2. The van der Waals surface area contributed by atoms with E-state index >= 15 is 4.57 Å². The minimum Gasteiger partial charge on any atom is -0.463 e. The summed E-state index contributed by atoms with van der Waals surface area (Å²) in [6.07, 6.45) is -6.90. The average Bonchev–Trinajstić information content (AvgIpc) is 3.71. The monoisotopic (exact) mass is 832 g/mol. The van der Waals surface area contributed by atoms with E-state index in [0.29, 0.717) is 0 Å². The number of nitrogens with zero attached hydrogens (tertiary/aromatic N) is 5. The summed E-state index contributed by atoms with van der Waals surface area (Å²) in [5.41, 5.74) is 4.50. The number of carbonyl (C=O) groups is 4. The highest BCUT2D eigenvalue weighted by Gasteiger charge is 2.64. The van der Waals surface area contributed by atoms with Gasteiger partial charge >= 0.3 is 31.4 Å². The molecule has 1 unspecified atom stereocenters. The molecular weight excluding hydrogens is 779 g/mol. The fourth-order valence-corrected chi connectivity index (χ4v) is 10.3. The Hall–Kier alpha value is -3.86. The second-order valence-corrected chi connectivity index (χ2v) is 16.3. The Morgan fingerprint density at radius 3 is 2.11 bits per heavy atom. The van der Waals surface area contributed by atoms with Gasteiger partial charge < -0.3 is 58.4 Å². The number of anilines is 1. The molecule has 4 heterocycles. The Kier molecular flexibility index (Phi) is 15.9. The van der Waals surface area contributed by atoms with E-state index in [0.717, 1.165) is 27.7 Å². The van der Waals surface area contributed by atoms with Crippen LogP contribution in [0.4, 0.5) is 5.82 Å². The highest BCUT2D eigenvalue weighted by atomic mass is 31.2. The van der Waals surface area contributed by atoms with E-state index in [1.165, 1.54) is 17.2 Å². The van der Waals surface area contributed by atoms with Gasteiger partial charge in [-0.3, -0.25) is 28.3 Å². The quantitative estimate of drug-likeness (QED) is 0.0756. The number of aromatic nitrogens is 4. The van der Waals surface area contributed by atoms with Crippen molar-refractivity contribution in [2.45, 2.75) is 122 Å². The minimum absolute atomic E-state index is 0.0610. The van der Waals surface area contributed by atoms with Crippen LogP contribution in [0.3, 0.4) is 0 Å². The molecule has 2 fully saturated rings. The molecule has 2 aliphatic heterocycles. The highest BCUT2D eigenvalue weighted by molar-refractivity contribution is 7.57. The van der Waals surface area contributed by atoms with Crippen LogP contribution in [-0.4, -0.2) is 153 Å². The van der Waals surface area contributed by atoms with Gasteiger partial charge in [-0.2, -0.15) is 0 Å². The first kappa shape index (κ1) is 45.8. The summed E-state index contributed by atoms with van der Waals surface area (Å²) < 4.78 is 70.3. The first-order valence-electron chi connectivity index (χ1n) is 18.3. The zero-order valence-electron chi connectivity index (χ0n) is 33.2. The average molecular weight is 833 g/mol. The summed E-state index contributed by atoms with van der Waals surface area (Å²) in [6.45, 7) is 10.1. The molecule has 0 radical (unpaired) electrons. The maximum Gasteiger partial charge on any atom is 0.325 e. The van der Waals surface area contributed by atoms with Crippen molar-refractivity contribution in [2.75, 3.05) is 45.4 Å². The Morgan fingerprint density at radius 2 is 1.53 bits per heavy atom. The standard InChI is InChI=1S/C34H53N6O16P/c1-18(2)40(19(3)4)57(47,34(13-24(46)25(14-41)56-34)39-17-38-27-31(35)36-16-37-32(27)39)51-12-10-48-9-11-49-33-30(54-23(8)45)29(53-22(7)44)28(52-21(6)43)26(55-33)15-50-20(5)42/h16-19,24-26,28-30,33,41,46H,9-15H2,1-8H3,(H2,35,36,37)/t24-,25+,26+,28+,29-,30+,33+,34-,57?/m0/s1. The minimum atomic E-state index is -4.30. The molecule has 0 saturated carbocycles. The van der Waals surface area contributed by atoms with Crippen molar-refractivity contribution in [1.29, 1.82) is 0 Å². The van der Waals surface area contributed by atoms with E-state index in [4.69, 9.17) is 48.2 Å². The number of hydrogen-bond acceptors (Lipinski definition) is 20. The third-order valence-corrected chi connectivity index (χ3v) is 12.4. The summed E-state index contributed by atoms with van der Waals surface area (Å²) in [6, 6.07) is -0.765. The van der Waals surface area contributed by atoms with Crippen LogP contribution in [0.25, 0.3) is 11.2 Å². The molecule has 2 aliphatic rings. The predicted molar refractivity (Wildman–Crippen MR) is 195 cm³/mol. The SMILES string of the molecule is CC(=O)OC[C@H]1O[C@@H](OCCOCCOP(=O)(N(C(C)C)C(C)C)[C@]2(n3cnc4c(N)ncnc43)C[C@H](O)[C@@H](CO)O2)[C@H](OC(C)=O)[C@@H](OC(C)=O)[C@@H]1OC(C)=O. The number of nitrogens with two attached hydrogens (primary N) is 1. The molecule has 0 amide bonds. The molecule has 0 aliphatic carbocycles. The number of carbonyl (C=O) groups excluding carboxylic acids is 4. The first-order valence-corrected chi connectivity index (χ1v) is 19.9. The van der Waals surface area contributed by atoms with Crippen molar-refractivity contribution in [3.63, 3.8) is 0 Å². The number of rotatable bonds is 19. The van der Waals surface area contributed by atoms with Crippen LogP contribution in [0.15, 0.2) is 12.7 Å². The highest BCUT2D eigenvalue weighted by Crippen LogP contribution is 2.70. The van der Waals surface area contributed by atoms with Crippen LogP contribution in [-0.2, 0) is 71.6 Å². The second kappa shape index (κ2) is 19.7. The predicted octanol–water partition coefficient (Wildman–Crippen LogP) is 0.606. The molecule has 23 heteroatoms. The van der Waals surface area contributed by atoms with E-state index in [1.807, 2.05) is 27.7 Å². The smallest absolute Gasteiger partial charge is 0.325 e. The van der Waals surface area contributed by atoms with Crippen molar-refractivity contribution in [2.24, 2.45) is 0 Å². The number of aliphatic hydroxyl groups is 2. The lowest BCUT2D eigenvalue weighted by Gasteiger charge is -2.46. The number of aliphatic hydroxyl groups excluding tert-OH is 2. The maximum absolute atomic E-state index is 15.7. The van der Waals surface area contributed by atoms with E-state index in [2.05, 4.69) is 15.0 Å². The van der Waals surface area contributed by atoms with Crippen LogP contribution >= 0.6 is 7.52 Å². The number of ether oxygens (including phenoxy) is 8. The Morgan fingerprint density at radius 1 is 0.912 bits per heavy atom. The number of esters is 4. The molecule has 4 rings (SSSR count). The van der Waals surface area contributed by atoms with Gasteiger partial charge in [0.1, 0.15) is 37.0 Å². The summed E-state index contributed by atoms with van der Waals surface area (Å²) >= 11 is 0. The molecule has 22 nitrogen and oxygen atoms in total. The van der Waals surface area contributed by atoms with Gasteiger partial charge in [-0.25, -0.2) is 19.6 Å². The normalized spacial score (nSPS) is 27.4. The van der Waals surface area contributed by atoms with E-state index < -0.39 is 93.0 Å². The Bertz CT molecular complexity index is 1760. The van der Waals surface area contributed by atoms with Gasteiger partial charge in [0.25, 0.3) is 0 Å². The molecular formula is C34H53N6O16P. The van der Waals surface area contributed by atoms with Gasteiger partial charge in [0.15, 0.2) is 36.1 Å². The number of hydrogen-bond donors (Lipinski definition) is 3. The van der Waals surface area contributed by atoms with Crippen LogP contribution in [0.5, 0.6) is 0 Å². The molecule has 0 bridgehead atoms. The molecule has 57 heavy (non-hydrogen) atoms. The third-order valence-electron chi connectivity index (χ3n) is 8.92. The fraction of sp³-hybridized carbons (Fsp3) is 0.735. The summed E-state index contributed by atoms with van der Waals surface area (Å²) in [4.78, 5) is 60.5. The van der Waals surface area contributed by atoms with E-state index in [9.17, 15) is 29.4 Å². The number of imidazole rings is 1. The summed E-state index contributed by atoms with van der Waals surface area (Å²) in [7, 11) is -4.30. The first-order chi connectivity index (χ1) is 26.9. The van der Waals surface area contributed by atoms with Gasteiger partial charge in [-0.1, -0.05) is 0 Å². The van der Waals surface area contributed by atoms with Crippen LogP contribution in [0.1, 0.15) is 61.8 Å². The van der Waals surface area contributed by atoms with E-state index in [1.54, 1.807) is 4.67 Å². The lowest BCUT2D eigenvalue weighted by molar-refractivity contribution is -0.309. The van der Waals surface area contributed by atoms with Crippen LogP contribution < -0.4 is 5.73 Å². The molecule has 0 aromatic carbocycles. The Balaban J connectivity index is 1.54. The lowest BCUT2D eigenvalue weighted by atomic mass is 9.98. The van der Waals surface area contributed by atoms with Crippen molar-refractivity contribution >= 4 is 48.4 Å². The molecule has 0 spiro atoms. The van der Waals surface area contributed by atoms with Crippen molar-refractivity contribution in [3.05, 3.63) is 12.7 Å². The molecule has 2 aromatic rings. The fourth-order valence-electron chi connectivity index (χ4n) is 6.93. The molecule has 2 saturated heterocycles. The van der Waals surface area contributed by atoms with Gasteiger partial charge in [-0.15, -0.1) is 0 Å². The van der Waals surface area contributed by atoms with Gasteiger partial charge in [-0.05, 0) is 27.7 Å². The lowest BCUT2D eigenvalue weighted by Crippen LogP contribution is -2.63. The molecule has 4 N–H and O–H groups in total. The number of nitrogen functional groups attached to an aromatic ring is 1. The zero-order chi connectivity index (χ0) is 42.2. The third kappa shape index (κ3) is 10.4. The molecule has 2 aromatic heterocycles. The number of fused-ring (bicyclic) bond motifs is 1. The maximum atomic E-state index is 15.7.